The summed E-state index contributed by atoms with van der Waals surface area (Å²) in [7, 11) is 0. The zero-order chi connectivity index (χ0) is 14.5. The molecule has 0 atom stereocenters. The maximum atomic E-state index is 11.8. The Hall–Kier alpha value is -2.30. The van der Waals surface area contributed by atoms with Gasteiger partial charge in [-0.2, -0.15) is 0 Å². The molecule has 5 nitrogen and oxygen atoms in total. The fourth-order valence-corrected chi connectivity index (χ4v) is 1.85. The molecule has 0 amide bonds. The van der Waals surface area contributed by atoms with E-state index in [0.717, 1.165) is 5.56 Å². The first kappa shape index (κ1) is 14.1. The number of pyridine rings is 1. The van der Waals surface area contributed by atoms with Crippen molar-refractivity contribution < 1.29 is 9.53 Å². The third-order valence-corrected chi connectivity index (χ3v) is 2.84. The number of ether oxygens (including phenoxy) is 1. The average Bonchev–Trinajstić information content (AvgIpc) is 2.46. The molecular formula is C15H17N3O2. The van der Waals surface area contributed by atoms with Crippen LogP contribution in [0.25, 0.3) is 11.5 Å². The molecule has 2 heterocycles. The van der Waals surface area contributed by atoms with Crippen molar-refractivity contribution >= 4 is 5.97 Å². The lowest BCUT2D eigenvalue weighted by Crippen LogP contribution is -2.11. The molecule has 5 heteroatoms. The van der Waals surface area contributed by atoms with Crippen LogP contribution in [0.2, 0.25) is 0 Å². The summed E-state index contributed by atoms with van der Waals surface area (Å²) < 4.78 is 5.00. The minimum atomic E-state index is -0.381. The molecule has 0 bridgehead atoms. The molecule has 20 heavy (non-hydrogen) atoms. The van der Waals surface area contributed by atoms with Gasteiger partial charge in [-0.05, 0) is 38.0 Å². The first-order chi connectivity index (χ1) is 9.65. The van der Waals surface area contributed by atoms with Gasteiger partial charge in [-0.15, -0.1) is 0 Å². The van der Waals surface area contributed by atoms with Crippen molar-refractivity contribution in [1.82, 2.24) is 15.0 Å². The Morgan fingerprint density at radius 1 is 1.30 bits per heavy atom. The Bertz CT molecular complexity index is 626. The fourth-order valence-electron chi connectivity index (χ4n) is 1.85. The van der Waals surface area contributed by atoms with Gasteiger partial charge in [0.2, 0.25) is 0 Å². The van der Waals surface area contributed by atoms with Crippen molar-refractivity contribution in [2.24, 2.45) is 0 Å². The zero-order valence-electron chi connectivity index (χ0n) is 11.9. The highest BCUT2D eigenvalue weighted by Gasteiger charge is 2.15. The van der Waals surface area contributed by atoms with Crippen LogP contribution in [0.5, 0.6) is 0 Å². The molecule has 0 saturated heterocycles. The van der Waals surface area contributed by atoms with Gasteiger partial charge < -0.3 is 4.74 Å². The summed E-state index contributed by atoms with van der Waals surface area (Å²) in [4.78, 5) is 24.7. The van der Waals surface area contributed by atoms with Crippen molar-refractivity contribution in [3.8, 4) is 11.5 Å². The Morgan fingerprint density at radius 3 is 2.75 bits per heavy atom. The van der Waals surface area contributed by atoms with Gasteiger partial charge >= 0.3 is 5.97 Å². The van der Waals surface area contributed by atoms with Gasteiger partial charge in [-0.3, -0.25) is 4.98 Å². The number of rotatable bonds is 4. The number of hydrogen-bond acceptors (Lipinski definition) is 5. The normalized spacial score (nSPS) is 10.3. The lowest BCUT2D eigenvalue weighted by atomic mass is 10.2. The number of hydrogen-bond donors (Lipinski definition) is 0. The summed E-state index contributed by atoms with van der Waals surface area (Å²) in [6, 6.07) is 3.83. The molecule has 0 unspecified atom stereocenters. The van der Waals surface area contributed by atoms with Crippen molar-refractivity contribution in [3.05, 3.63) is 41.3 Å². The van der Waals surface area contributed by atoms with Gasteiger partial charge in [-0.1, -0.05) is 6.92 Å². The fraction of sp³-hybridized carbons (Fsp3) is 0.333. The average molecular weight is 271 g/mol. The Kier molecular flexibility index (Phi) is 4.40. The van der Waals surface area contributed by atoms with Crippen LogP contribution in [-0.4, -0.2) is 27.5 Å². The van der Waals surface area contributed by atoms with E-state index in [9.17, 15) is 4.79 Å². The highest BCUT2D eigenvalue weighted by atomic mass is 16.5. The lowest BCUT2D eigenvalue weighted by Gasteiger charge is -2.08. The molecule has 2 rings (SSSR count). The molecule has 104 valence electrons. The van der Waals surface area contributed by atoms with E-state index in [1.165, 1.54) is 6.20 Å². The molecule has 0 aliphatic heterocycles. The van der Waals surface area contributed by atoms with E-state index in [2.05, 4.69) is 15.0 Å². The van der Waals surface area contributed by atoms with E-state index in [1.807, 2.05) is 26.0 Å². The second kappa shape index (κ2) is 6.23. The summed E-state index contributed by atoms with van der Waals surface area (Å²) in [5.41, 5.74) is 2.89. The van der Waals surface area contributed by atoms with E-state index in [-0.39, 0.29) is 5.97 Å². The van der Waals surface area contributed by atoms with E-state index in [1.54, 1.807) is 13.1 Å². The van der Waals surface area contributed by atoms with Crippen LogP contribution < -0.4 is 0 Å². The molecule has 0 fully saturated rings. The van der Waals surface area contributed by atoms with E-state index in [4.69, 9.17) is 4.74 Å². The van der Waals surface area contributed by atoms with E-state index >= 15 is 0 Å². The number of carbonyl (C=O) groups excluding carboxylic acids is 1. The van der Waals surface area contributed by atoms with Gasteiger partial charge in [-0.25, -0.2) is 14.8 Å². The van der Waals surface area contributed by atoms with Gasteiger partial charge in [0.1, 0.15) is 5.69 Å². The maximum Gasteiger partial charge on any atom is 0.341 e. The van der Waals surface area contributed by atoms with Crippen LogP contribution in [0, 0.1) is 6.92 Å². The first-order valence-electron chi connectivity index (χ1n) is 6.61. The zero-order valence-corrected chi connectivity index (χ0v) is 11.9. The number of nitrogens with zero attached hydrogens (tertiary/aromatic N) is 3. The molecule has 0 saturated carbocycles. The van der Waals surface area contributed by atoms with Gasteiger partial charge in [0.05, 0.1) is 17.9 Å². The number of aryl methyl sites for hydroxylation is 2. The summed E-state index contributed by atoms with van der Waals surface area (Å²) in [6.07, 6.45) is 3.87. The van der Waals surface area contributed by atoms with Crippen molar-refractivity contribution in [1.29, 1.82) is 0 Å². The van der Waals surface area contributed by atoms with Crippen LogP contribution in [0.3, 0.4) is 0 Å². The highest BCUT2D eigenvalue weighted by Crippen LogP contribution is 2.16. The molecule has 0 aliphatic carbocycles. The van der Waals surface area contributed by atoms with Gasteiger partial charge in [0.15, 0.2) is 5.82 Å². The molecule has 0 radical (unpaired) electrons. The van der Waals surface area contributed by atoms with Crippen LogP contribution in [0.1, 0.15) is 35.5 Å². The molecule has 0 N–H and O–H groups in total. The third-order valence-electron chi connectivity index (χ3n) is 2.84. The standard InChI is InChI=1S/C15H17N3O2/c1-4-12-11(15(19)20-5-2)9-17-14(18-12)13-8-10(3)6-7-16-13/h6-9H,4-5H2,1-3H3. The topological polar surface area (TPSA) is 65.0 Å². The smallest absolute Gasteiger partial charge is 0.341 e. The quantitative estimate of drug-likeness (QED) is 0.800. The Balaban J connectivity index is 2.41. The van der Waals surface area contributed by atoms with Crippen LogP contribution in [0.15, 0.2) is 24.5 Å². The Labute approximate surface area is 118 Å². The predicted molar refractivity (Wildman–Crippen MR) is 75.3 cm³/mol. The molecule has 0 aromatic carbocycles. The lowest BCUT2D eigenvalue weighted by molar-refractivity contribution is 0.0524. The molecule has 2 aromatic rings. The number of carbonyl (C=O) groups is 1. The summed E-state index contributed by atoms with van der Waals surface area (Å²) in [5.74, 6) is 0.145. The molecule has 2 aromatic heterocycles. The van der Waals surface area contributed by atoms with Gasteiger partial charge in [0.25, 0.3) is 0 Å². The summed E-state index contributed by atoms with van der Waals surface area (Å²) in [6.45, 7) is 6.04. The molecule has 0 aliphatic rings. The summed E-state index contributed by atoms with van der Waals surface area (Å²) >= 11 is 0. The van der Waals surface area contributed by atoms with Crippen molar-refractivity contribution in [2.75, 3.05) is 6.61 Å². The van der Waals surface area contributed by atoms with Crippen molar-refractivity contribution in [2.45, 2.75) is 27.2 Å². The second-order valence-electron chi connectivity index (χ2n) is 4.35. The summed E-state index contributed by atoms with van der Waals surface area (Å²) in [5, 5.41) is 0. The van der Waals surface area contributed by atoms with E-state index < -0.39 is 0 Å². The maximum absolute atomic E-state index is 11.8. The second-order valence-corrected chi connectivity index (χ2v) is 4.35. The SMILES string of the molecule is CCOC(=O)c1cnc(-c2cc(C)ccn2)nc1CC. The monoisotopic (exact) mass is 271 g/mol. The molecular weight excluding hydrogens is 254 g/mol. The minimum absolute atomic E-state index is 0.336. The van der Waals surface area contributed by atoms with Crippen molar-refractivity contribution in [3.63, 3.8) is 0 Å². The van der Waals surface area contributed by atoms with Gasteiger partial charge in [0, 0.05) is 12.4 Å². The number of esters is 1. The number of aromatic nitrogens is 3. The highest BCUT2D eigenvalue weighted by molar-refractivity contribution is 5.90. The van der Waals surface area contributed by atoms with E-state index in [0.29, 0.717) is 35.8 Å². The van der Waals surface area contributed by atoms with Crippen LogP contribution >= 0.6 is 0 Å². The Morgan fingerprint density at radius 2 is 2.10 bits per heavy atom. The third kappa shape index (κ3) is 2.99. The van der Waals surface area contributed by atoms with Crippen LogP contribution in [0.4, 0.5) is 0 Å². The largest absolute Gasteiger partial charge is 0.462 e. The molecule has 0 spiro atoms. The minimum Gasteiger partial charge on any atom is -0.462 e. The first-order valence-corrected chi connectivity index (χ1v) is 6.61. The predicted octanol–water partition coefficient (Wildman–Crippen LogP) is 2.59. The van der Waals surface area contributed by atoms with Crippen LogP contribution in [-0.2, 0) is 11.2 Å².